The van der Waals surface area contributed by atoms with E-state index in [2.05, 4.69) is 72.3 Å². The second-order valence-electron chi connectivity index (χ2n) is 19.4. The summed E-state index contributed by atoms with van der Waals surface area (Å²) < 4.78 is 14.3. The van der Waals surface area contributed by atoms with E-state index in [4.69, 9.17) is 19.4 Å². The van der Waals surface area contributed by atoms with Crippen molar-refractivity contribution in [3.05, 3.63) is 58.2 Å². The van der Waals surface area contributed by atoms with Crippen LogP contribution in [0.5, 0.6) is 0 Å². The fraction of sp³-hybridized carbons (Fsp3) is 0.583. The summed E-state index contributed by atoms with van der Waals surface area (Å²) in [4.78, 5) is 72.7. The lowest BCUT2D eigenvalue weighted by Gasteiger charge is -2.43. The van der Waals surface area contributed by atoms with Crippen LogP contribution in [0, 0.1) is 11.3 Å². The molecule has 1 aromatic carbocycles. The average molecular weight is 1030 g/mol. The molecule has 0 unspecified atom stereocenters. The largest absolute Gasteiger partial charge is 0.464 e. The van der Waals surface area contributed by atoms with E-state index >= 15 is 0 Å². The van der Waals surface area contributed by atoms with Crippen LogP contribution in [0.2, 0.25) is 0 Å². The number of hydrogen-bond acceptors (Lipinski definition) is 11. The van der Waals surface area contributed by atoms with Gasteiger partial charge in [0.2, 0.25) is 5.91 Å². The van der Waals surface area contributed by atoms with Crippen LogP contribution in [-0.4, -0.2) is 136 Å². The number of esters is 1. The van der Waals surface area contributed by atoms with Crippen LogP contribution in [0.25, 0.3) is 33.4 Å². The third-order valence-corrected chi connectivity index (χ3v) is 14.7. The summed E-state index contributed by atoms with van der Waals surface area (Å²) in [6.45, 7) is 15.4. The van der Waals surface area contributed by atoms with Gasteiger partial charge in [-0.3, -0.25) is 29.3 Å². The first kappa shape index (κ1) is 57.1. The van der Waals surface area contributed by atoms with Crippen molar-refractivity contribution in [3.63, 3.8) is 0 Å². The fourth-order valence-electron chi connectivity index (χ4n) is 10.00. The number of pyridine rings is 1. The minimum atomic E-state index is -1.03. The smallest absolute Gasteiger partial charge is 0.324 e. The molecule has 0 radical (unpaired) electrons. The molecule has 3 fully saturated rings. The first-order valence-electron chi connectivity index (χ1n) is 22.9. The van der Waals surface area contributed by atoms with E-state index < -0.39 is 35.4 Å². The molecule has 4 aliphatic rings. The molecule has 1 saturated carbocycles. The van der Waals surface area contributed by atoms with E-state index in [0.717, 1.165) is 64.1 Å². The van der Waals surface area contributed by atoms with Crippen molar-refractivity contribution in [1.29, 1.82) is 0 Å². The Morgan fingerprint density at radius 1 is 1.07 bits per heavy atom. The lowest BCUT2D eigenvalue weighted by molar-refractivity contribution is -0.155. The Bertz CT molecular complexity index is 2420. The van der Waals surface area contributed by atoms with Gasteiger partial charge < -0.3 is 29.2 Å². The number of cyclic esters (lactones) is 1. The molecule has 2 saturated heterocycles. The number of aryl methyl sites for hydroxylation is 1. The molecule has 376 valence electrons. The summed E-state index contributed by atoms with van der Waals surface area (Å²) in [7, 11) is 5.49. The molecule has 3 aliphatic heterocycles. The van der Waals surface area contributed by atoms with Crippen molar-refractivity contribution >= 4 is 100 Å². The van der Waals surface area contributed by atoms with Gasteiger partial charge in [0.15, 0.2) is 0 Å². The van der Waals surface area contributed by atoms with Gasteiger partial charge in [-0.05, 0) is 88.7 Å². The Morgan fingerprint density at radius 3 is 2.49 bits per heavy atom. The number of amides is 4. The zero-order valence-corrected chi connectivity index (χ0v) is 45.7. The highest BCUT2D eigenvalue weighted by Gasteiger charge is 2.51. The second kappa shape index (κ2) is 23.2. The van der Waals surface area contributed by atoms with Crippen molar-refractivity contribution < 1.29 is 28.7 Å². The minimum absolute atomic E-state index is 0. The first-order valence-corrected chi connectivity index (χ1v) is 23.8. The fourth-order valence-corrected chi connectivity index (χ4v) is 10.8. The molecular formula is C48H73N9O6S5. The van der Waals surface area contributed by atoms with Gasteiger partial charge in [0, 0.05) is 97.9 Å². The summed E-state index contributed by atoms with van der Waals surface area (Å²) in [5, 5.41) is 8.27. The van der Waals surface area contributed by atoms with Crippen LogP contribution < -0.4 is 10.7 Å². The summed E-state index contributed by atoms with van der Waals surface area (Å²) in [5.74, 6) is -1.48. The molecule has 6 bridgehead atoms. The Morgan fingerprint density at radius 2 is 1.81 bits per heavy atom. The number of piperazine rings is 1. The van der Waals surface area contributed by atoms with Gasteiger partial charge in [0.05, 0.1) is 34.8 Å². The molecule has 20 heteroatoms. The van der Waals surface area contributed by atoms with Crippen LogP contribution in [0.4, 0.5) is 4.79 Å². The lowest BCUT2D eigenvalue weighted by atomic mass is 9.84. The maximum absolute atomic E-state index is 14.6. The van der Waals surface area contributed by atoms with E-state index in [-0.39, 0.29) is 96.5 Å². The number of carbonyl (C=O) groups excluding carboxylic acids is 4. The molecular weight excluding hydrogens is 959 g/mol. The third kappa shape index (κ3) is 11.5. The van der Waals surface area contributed by atoms with Crippen molar-refractivity contribution in [2.45, 2.75) is 116 Å². The quantitative estimate of drug-likeness (QED) is 0.187. The molecule has 3 aromatic heterocycles. The molecule has 1 spiro atoms. The average Bonchev–Trinajstić information content (AvgIpc) is 3.79. The van der Waals surface area contributed by atoms with Gasteiger partial charge in [-0.1, -0.05) is 33.8 Å². The number of carbonyl (C=O) groups is 4. The molecule has 1 aliphatic carbocycles. The van der Waals surface area contributed by atoms with Crippen LogP contribution in [-0.2, 0) is 43.2 Å². The minimum Gasteiger partial charge on any atom is -0.464 e. The Balaban J connectivity index is 0.00000252. The number of hydrogen-bond donors (Lipinski definition) is 2. The number of methoxy groups -OCH3 is 1. The molecule has 4 aromatic rings. The Kier molecular flexibility index (Phi) is 19.4. The number of urea groups is 1. The first-order chi connectivity index (χ1) is 30.5. The SMILES string of the molecule is CCn1c(-c2cccnc2[C@H](C)OC)c2c3cc(ccc31)-c1csc(n1)C[C@H](NC(=O)[C@H](C(C)C)N(C)C(=O)N1CCN(C)C3(CC3)C1)C(=O)N1CCC[C@H](N1)C(=O)OCC(C)(C)C2.S.S.S.S. The highest BCUT2D eigenvalue weighted by atomic mass is 32.1. The highest BCUT2D eigenvalue weighted by molar-refractivity contribution is 7.59. The zero-order chi connectivity index (χ0) is 45.7. The molecule has 8 rings (SSSR count). The predicted octanol–water partition coefficient (Wildman–Crippen LogP) is 6.51. The van der Waals surface area contributed by atoms with Crippen LogP contribution in [0.15, 0.2) is 41.9 Å². The lowest BCUT2D eigenvalue weighted by Crippen LogP contribution is -2.63. The van der Waals surface area contributed by atoms with E-state index in [0.29, 0.717) is 50.4 Å². The number of rotatable bonds is 8. The van der Waals surface area contributed by atoms with Crippen LogP contribution in [0.3, 0.4) is 0 Å². The Labute approximate surface area is 433 Å². The summed E-state index contributed by atoms with van der Waals surface area (Å²) in [6, 6.07) is 7.67. The molecule has 15 nitrogen and oxygen atoms in total. The molecule has 68 heavy (non-hydrogen) atoms. The number of benzene rings is 1. The number of hydrazine groups is 1. The number of nitrogens with one attached hydrogen (secondary N) is 2. The zero-order valence-electron chi connectivity index (χ0n) is 40.9. The van der Waals surface area contributed by atoms with E-state index in [1.165, 1.54) is 21.2 Å². The summed E-state index contributed by atoms with van der Waals surface area (Å²) in [5.41, 5.74) is 9.46. The van der Waals surface area contributed by atoms with Gasteiger partial charge in [-0.25, -0.2) is 15.2 Å². The maximum Gasteiger partial charge on any atom is 0.324 e. The van der Waals surface area contributed by atoms with Gasteiger partial charge in [-0.15, -0.1) is 11.3 Å². The number of fused-ring (bicyclic) bond motifs is 6. The van der Waals surface area contributed by atoms with Crippen molar-refractivity contribution in [2.24, 2.45) is 11.3 Å². The summed E-state index contributed by atoms with van der Waals surface area (Å²) >= 11 is 1.44. The predicted molar refractivity (Wildman–Crippen MR) is 289 cm³/mol. The van der Waals surface area contributed by atoms with Crippen molar-refractivity contribution in [3.8, 4) is 22.5 Å². The number of thiazole rings is 1. The van der Waals surface area contributed by atoms with Gasteiger partial charge in [-0.2, -0.15) is 54.0 Å². The van der Waals surface area contributed by atoms with Crippen LogP contribution in [0.1, 0.15) is 89.6 Å². The number of aromatic nitrogens is 3. The van der Waals surface area contributed by atoms with E-state index in [1.807, 2.05) is 37.1 Å². The van der Waals surface area contributed by atoms with Crippen molar-refractivity contribution in [1.82, 2.24) is 45.0 Å². The number of ether oxygens (including phenoxy) is 2. The molecule has 4 amide bonds. The third-order valence-electron chi connectivity index (χ3n) is 13.9. The Hall–Kier alpha value is -3.50. The monoisotopic (exact) mass is 1030 g/mol. The van der Waals surface area contributed by atoms with Crippen LogP contribution >= 0.6 is 65.3 Å². The van der Waals surface area contributed by atoms with Gasteiger partial charge >= 0.3 is 12.0 Å². The topological polar surface area (TPSA) is 154 Å². The normalized spacial score (nSPS) is 21.0. The van der Waals surface area contributed by atoms with Gasteiger partial charge in [0.1, 0.15) is 18.1 Å². The molecule has 6 heterocycles. The molecule has 2 N–H and O–H groups in total. The van der Waals surface area contributed by atoms with Crippen molar-refractivity contribution in [2.75, 3.05) is 54.0 Å². The van der Waals surface area contributed by atoms with E-state index in [1.54, 1.807) is 20.4 Å². The second-order valence-corrected chi connectivity index (χ2v) is 20.4. The number of likely N-dealkylation sites (N-methyl/N-ethyl adjacent to an activating group) is 2. The molecule has 4 atom stereocenters. The highest BCUT2D eigenvalue weighted by Crippen LogP contribution is 2.44. The maximum atomic E-state index is 14.6. The number of nitrogens with zero attached hydrogens (tertiary/aromatic N) is 7. The van der Waals surface area contributed by atoms with E-state index in [9.17, 15) is 19.2 Å². The standard InChI is InChI=1S/C48H65N9O6S.4H2S/c1-10-56-38-16-15-31-23-33(38)34(42(56)32-13-11-19-49-40(32)30(4)62-9)25-47(5,6)28-63-45(60)35-14-12-20-57(52-35)44(59)36(24-39-50-37(31)26-64-39)51-43(58)41(29(2)3)54(8)46(61)55-22-21-53(7)48(27-55)17-18-48;;;;/h11,13,15-16,19,23,26,29-30,35-36,41,52H,10,12,14,17-18,20-22,24-25,27-28H2,1-9H3,(H,51,58);4*1H2/t30-,35-,36-,41-;;;;/m0..../s1. The van der Waals surface area contributed by atoms with Gasteiger partial charge in [0.25, 0.3) is 5.91 Å². The summed E-state index contributed by atoms with van der Waals surface area (Å²) in [6.07, 6.45) is 5.43.